The van der Waals surface area contributed by atoms with E-state index in [4.69, 9.17) is 16.3 Å². The van der Waals surface area contributed by atoms with Crippen LogP contribution in [0.15, 0.2) is 18.2 Å². The second-order valence-electron chi connectivity index (χ2n) is 6.16. The van der Waals surface area contributed by atoms with Gasteiger partial charge in [-0.05, 0) is 37.0 Å². The molecule has 0 saturated carbocycles. The van der Waals surface area contributed by atoms with E-state index in [1.54, 1.807) is 37.2 Å². The van der Waals surface area contributed by atoms with E-state index in [0.29, 0.717) is 28.8 Å². The van der Waals surface area contributed by atoms with Crippen molar-refractivity contribution in [3.63, 3.8) is 0 Å². The summed E-state index contributed by atoms with van der Waals surface area (Å²) >= 11 is 5.96. The minimum absolute atomic E-state index is 0.0427. The van der Waals surface area contributed by atoms with Crippen LogP contribution < -0.4 is 10.1 Å². The van der Waals surface area contributed by atoms with Crippen LogP contribution in [0.1, 0.15) is 23.2 Å². The molecule has 1 aliphatic heterocycles. The van der Waals surface area contributed by atoms with Crippen LogP contribution >= 0.6 is 11.6 Å². The van der Waals surface area contributed by atoms with Gasteiger partial charge in [0.25, 0.3) is 5.91 Å². The van der Waals surface area contributed by atoms with Gasteiger partial charge in [0.05, 0.1) is 12.7 Å². The lowest BCUT2D eigenvalue weighted by molar-refractivity contribution is 0.0932. The number of amides is 3. The third-order valence-corrected chi connectivity index (χ3v) is 4.46. The number of urea groups is 1. The molecule has 24 heavy (non-hydrogen) atoms. The number of nitrogens with one attached hydrogen (secondary N) is 1. The fourth-order valence-electron chi connectivity index (χ4n) is 2.80. The number of benzene rings is 1. The number of likely N-dealkylation sites (tertiary alicyclic amines) is 1. The van der Waals surface area contributed by atoms with Crippen molar-refractivity contribution in [2.45, 2.75) is 12.8 Å². The lowest BCUT2D eigenvalue weighted by atomic mass is 9.97. The third kappa shape index (κ3) is 4.54. The molecule has 1 saturated heterocycles. The maximum absolute atomic E-state index is 12.4. The Kier molecular flexibility index (Phi) is 6.31. The molecular formula is C17H24ClN3O3. The average molecular weight is 354 g/mol. The van der Waals surface area contributed by atoms with Crippen LogP contribution in [0, 0.1) is 5.92 Å². The van der Waals surface area contributed by atoms with Gasteiger partial charge in [-0.25, -0.2) is 4.79 Å². The Bertz CT molecular complexity index is 599. The number of rotatable bonds is 4. The first-order chi connectivity index (χ1) is 11.4. The van der Waals surface area contributed by atoms with Crippen LogP contribution in [0.5, 0.6) is 5.75 Å². The van der Waals surface area contributed by atoms with Gasteiger partial charge in [0.2, 0.25) is 0 Å². The minimum atomic E-state index is -0.193. The molecule has 3 amide bonds. The zero-order chi connectivity index (χ0) is 17.7. The predicted molar refractivity (Wildman–Crippen MR) is 93.7 cm³/mol. The van der Waals surface area contributed by atoms with Crippen LogP contribution in [0.4, 0.5) is 4.79 Å². The summed E-state index contributed by atoms with van der Waals surface area (Å²) in [4.78, 5) is 27.7. The molecule has 0 bridgehead atoms. The van der Waals surface area contributed by atoms with Crippen LogP contribution in [-0.2, 0) is 0 Å². The van der Waals surface area contributed by atoms with Gasteiger partial charge in [0, 0.05) is 38.8 Å². The quantitative estimate of drug-likeness (QED) is 0.904. The number of hydrogen-bond acceptors (Lipinski definition) is 3. The highest BCUT2D eigenvalue weighted by molar-refractivity contribution is 6.31. The van der Waals surface area contributed by atoms with Gasteiger partial charge in [0.15, 0.2) is 0 Å². The first-order valence-corrected chi connectivity index (χ1v) is 8.38. The van der Waals surface area contributed by atoms with Gasteiger partial charge >= 0.3 is 6.03 Å². The van der Waals surface area contributed by atoms with Crippen molar-refractivity contribution in [3.05, 3.63) is 28.8 Å². The molecule has 0 aromatic heterocycles. The normalized spacial score (nSPS) is 15.1. The zero-order valence-corrected chi connectivity index (χ0v) is 15.1. The Labute approximate surface area is 147 Å². The Hall–Kier alpha value is -1.95. The summed E-state index contributed by atoms with van der Waals surface area (Å²) in [5.74, 6) is 0.676. The summed E-state index contributed by atoms with van der Waals surface area (Å²) in [6.07, 6.45) is 1.76. The van der Waals surface area contributed by atoms with Crippen LogP contribution in [0.3, 0.4) is 0 Å². The number of piperidine rings is 1. The van der Waals surface area contributed by atoms with Gasteiger partial charge in [-0.1, -0.05) is 11.6 Å². The number of hydrogen-bond donors (Lipinski definition) is 1. The fourth-order valence-corrected chi connectivity index (χ4v) is 2.97. The van der Waals surface area contributed by atoms with Gasteiger partial charge < -0.3 is 19.9 Å². The number of nitrogens with zero attached hydrogens (tertiary/aromatic N) is 2. The molecule has 0 radical (unpaired) electrons. The van der Waals surface area contributed by atoms with Crippen molar-refractivity contribution < 1.29 is 14.3 Å². The lowest BCUT2D eigenvalue weighted by Crippen LogP contribution is -2.45. The van der Waals surface area contributed by atoms with E-state index in [2.05, 4.69) is 5.32 Å². The average Bonchev–Trinajstić information content (AvgIpc) is 2.59. The number of halogens is 1. The second-order valence-corrected chi connectivity index (χ2v) is 6.60. The molecule has 0 unspecified atom stereocenters. The monoisotopic (exact) mass is 353 g/mol. The fraction of sp³-hybridized carbons (Fsp3) is 0.529. The number of carbonyl (C=O) groups is 2. The van der Waals surface area contributed by atoms with E-state index in [1.165, 1.54) is 7.11 Å². The van der Waals surface area contributed by atoms with Crippen molar-refractivity contribution >= 4 is 23.5 Å². The number of methoxy groups -OCH3 is 1. The molecule has 1 aromatic carbocycles. The SMILES string of the molecule is COc1ccc(Cl)cc1C(=O)NCC1CCN(C(=O)N(C)C)CC1. The highest BCUT2D eigenvalue weighted by Crippen LogP contribution is 2.23. The Morgan fingerprint density at radius 1 is 1.33 bits per heavy atom. The number of ether oxygens (including phenoxy) is 1. The van der Waals surface area contributed by atoms with Crippen LogP contribution in [0.25, 0.3) is 0 Å². The smallest absolute Gasteiger partial charge is 0.319 e. The first-order valence-electron chi connectivity index (χ1n) is 8.00. The Balaban J connectivity index is 1.86. The predicted octanol–water partition coefficient (Wildman–Crippen LogP) is 2.47. The molecule has 1 fully saturated rings. The van der Waals surface area contributed by atoms with Crippen molar-refractivity contribution in [2.75, 3.05) is 40.8 Å². The largest absolute Gasteiger partial charge is 0.496 e. The lowest BCUT2D eigenvalue weighted by Gasteiger charge is -2.33. The summed E-state index contributed by atoms with van der Waals surface area (Å²) in [6, 6.07) is 5.02. The molecule has 1 N–H and O–H groups in total. The van der Waals surface area contributed by atoms with Gasteiger partial charge in [-0.15, -0.1) is 0 Å². The van der Waals surface area contributed by atoms with E-state index in [9.17, 15) is 9.59 Å². The highest BCUT2D eigenvalue weighted by Gasteiger charge is 2.24. The molecule has 0 aliphatic carbocycles. The third-order valence-electron chi connectivity index (χ3n) is 4.23. The zero-order valence-electron chi connectivity index (χ0n) is 14.3. The van der Waals surface area contributed by atoms with E-state index >= 15 is 0 Å². The summed E-state index contributed by atoms with van der Waals surface area (Å²) in [7, 11) is 5.04. The standard InChI is InChI=1S/C17H24ClN3O3/c1-20(2)17(23)21-8-6-12(7-9-21)11-19-16(22)14-10-13(18)4-5-15(14)24-3/h4-5,10,12H,6-9,11H2,1-3H3,(H,19,22). The summed E-state index contributed by atoms with van der Waals surface area (Å²) in [6.45, 7) is 2.02. The molecule has 1 aliphatic rings. The molecule has 1 aromatic rings. The highest BCUT2D eigenvalue weighted by atomic mass is 35.5. The van der Waals surface area contributed by atoms with E-state index < -0.39 is 0 Å². The Morgan fingerprint density at radius 3 is 2.58 bits per heavy atom. The van der Waals surface area contributed by atoms with Crippen LogP contribution in [-0.4, -0.2) is 62.6 Å². The maximum atomic E-state index is 12.4. The second kappa shape index (κ2) is 8.24. The van der Waals surface area contributed by atoms with Crippen molar-refractivity contribution in [2.24, 2.45) is 5.92 Å². The molecular weight excluding hydrogens is 330 g/mol. The number of carbonyl (C=O) groups excluding carboxylic acids is 2. The topological polar surface area (TPSA) is 61.9 Å². The van der Waals surface area contributed by atoms with Gasteiger partial charge in [-0.2, -0.15) is 0 Å². The Morgan fingerprint density at radius 2 is 2.00 bits per heavy atom. The van der Waals surface area contributed by atoms with Crippen LogP contribution in [0.2, 0.25) is 5.02 Å². The molecule has 6 nitrogen and oxygen atoms in total. The van der Waals surface area contributed by atoms with Crippen molar-refractivity contribution in [1.82, 2.24) is 15.1 Å². The molecule has 1 heterocycles. The van der Waals surface area contributed by atoms with E-state index in [0.717, 1.165) is 25.9 Å². The molecule has 132 valence electrons. The van der Waals surface area contributed by atoms with E-state index in [-0.39, 0.29) is 11.9 Å². The molecule has 7 heteroatoms. The van der Waals surface area contributed by atoms with Gasteiger partial charge in [0.1, 0.15) is 5.75 Å². The first kappa shape index (κ1) is 18.4. The van der Waals surface area contributed by atoms with E-state index in [1.807, 2.05) is 4.90 Å². The summed E-state index contributed by atoms with van der Waals surface area (Å²) in [5, 5.41) is 3.44. The summed E-state index contributed by atoms with van der Waals surface area (Å²) < 4.78 is 5.21. The molecule has 2 rings (SSSR count). The van der Waals surface area contributed by atoms with Crippen molar-refractivity contribution in [3.8, 4) is 5.75 Å². The minimum Gasteiger partial charge on any atom is -0.496 e. The molecule has 0 atom stereocenters. The summed E-state index contributed by atoms with van der Waals surface area (Å²) in [5.41, 5.74) is 0.435. The van der Waals surface area contributed by atoms with Gasteiger partial charge in [-0.3, -0.25) is 4.79 Å². The maximum Gasteiger partial charge on any atom is 0.319 e. The van der Waals surface area contributed by atoms with Crippen molar-refractivity contribution in [1.29, 1.82) is 0 Å². The molecule has 0 spiro atoms.